The number of likely N-dealkylation sites (tertiary alicyclic amines) is 1. The highest BCUT2D eigenvalue weighted by Gasteiger charge is 2.67. The fraction of sp³-hybridized carbons (Fsp3) is 0.627. The predicted octanol–water partition coefficient (Wildman–Crippen LogP) is 9.23. The van der Waals surface area contributed by atoms with E-state index in [2.05, 4.69) is 29.1 Å². The standard InChI is InChI=1S/C51H75N7O10P2S/c1-12-30(6)70(64,65)51(26-34(51)14-3)57-45(59)42-23-37(67-43-24-40(41-28-71-47(55-41)53-29(4)5)54-39-22-35(66-11)19-20-38(39)43)27-58(42)46(60)44(49(8,9)10)56-48(61)68-36-18-17-32(21-36)16-15-31(7)69(62,63)50(52)25-33(50)13-2/h13-14,19-20,22,24,28-34,36-37,42,44H,2-3,12,15-18,21,23,25-27,52H2,1,4-11H3,(H,53,55)(H,56,61)(H,57,59)(H,62,63)(H,64,65)/t30?,31?,32?,33-,34-,36?,37-,42+,44-,50+,51+/m1/s1. The molecule has 1 aromatic carbocycles. The van der Waals surface area contributed by atoms with Crippen LogP contribution in [-0.2, 0) is 23.5 Å². The summed E-state index contributed by atoms with van der Waals surface area (Å²) < 4.78 is 45.9. The van der Waals surface area contributed by atoms with Gasteiger partial charge in [0.15, 0.2) is 5.13 Å². The molecule has 13 atom stereocenters. The van der Waals surface area contributed by atoms with Gasteiger partial charge in [-0.05, 0) is 88.7 Å². The molecule has 3 aromatic rings. The van der Waals surface area contributed by atoms with E-state index in [1.807, 2.05) is 53.0 Å². The number of fused-ring (bicyclic) bond motifs is 1. The second kappa shape index (κ2) is 20.9. The number of rotatable bonds is 21. The average molecular weight is 1040 g/mol. The van der Waals surface area contributed by atoms with Gasteiger partial charge in [0.1, 0.15) is 52.0 Å². The molecular weight excluding hydrogens is 965 g/mol. The zero-order chi connectivity index (χ0) is 52.0. The number of carbonyl (C=O) groups is 3. The van der Waals surface area contributed by atoms with Crippen molar-refractivity contribution in [1.82, 2.24) is 25.5 Å². The van der Waals surface area contributed by atoms with Gasteiger partial charge in [0.2, 0.25) is 26.6 Å². The van der Waals surface area contributed by atoms with Gasteiger partial charge in [0.05, 0.1) is 24.9 Å². The molecule has 1 saturated heterocycles. The minimum atomic E-state index is -4.01. The van der Waals surface area contributed by atoms with Crippen LogP contribution in [0.5, 0.6) is 11.5 Å². The summed E-state index contributed by atoms with van der Waals surface area (Å²) in [5.41, 5.74) is 6.10. The van der Waals surface area contributed by atoms with Crippen LogP contribution in [0.25, 0.3) is 22.3 Å². The lowest BCUT2D eigenvalue weighted by Gasteiger charge is -2.36. The summed E-state index contributed by atoms with van der Waals surface area (Å²) in [5, 5.41) is 9.90. The minimum absolute atomic E-state index is 0.0240. The van der Waals surface area contributed by atoms with Gasteiger partial charge in [0, 0.05) is 58.5 Å². The first kappa shape index (κ1) is 54.5. The quantitative estimate of drug-likeness (QED) is 0.0430. The monoisotopic (exact) mass is 1040 g/mol. The number of alkyl carbamates (subject to hydrolysis) is 1. The van der Waals surface area contributed by atoms with Crippen LogP contribution < -0.4 is 31.2 Å². The van der Waals surface area contributed by atoms with Crippen molar-refractivity contribution in [2.75, 3.05) is 19.0 Å². The third-order valence-corrected chi connectivity index (χ3v) is 22.6. The third kappa shape index (κ3) is 11.1. The second-order valence-electron chi connectivity index (χ2n) is 21.8. The zero-order valence-corrected chi connectivity index (χ0v) is 45.3. The summed E-state index contributed by atoms with van der Waals surface area (Å²) in [4.78, 5) is 77.5. The van der Waals surface area contributed by atoms with E-state index >= 15 is 4.79 Å². The number of amides is 3. The second-order valence-corrected chi connectivity index (χ2v) is 28.5. The number of thiazole rings is 1. The Hall–Kier alpha value is -4.31. The fourth-order valence-electron chi connectivity index (χ4n) is 10.4. The number of benzene rings is 1. The summed E-state index contributed by atoms with van der Waals surface area (Å²) in [5.74, 6) is -0.578. The number of nitrogens with zero attached hydrogens (tertiary/aromatic N) is 3. The summed E-state index contributed by atoms with van der Waals surface area (Å²) in [7, 11) is -6.10. The Morgan fingerprint density at radius 2 is 1.70 bits per heavy atom. The van der Waals surface area contributed by atoms with Crippen LogP contribution in [0.2, 0.25) is 0 Å². The first-order chi connectivity index (χ1) is 33.3. The Kier molecular flexibility index (Phi) is 16.0. The van der Waals surface area contributed by atoms with E-state index in [9.17, 15) is 28.5 Å². The van der Waals surface area contributed by atoms with Gasteiger partial charge in [0.25, 0.3) is 0 Å². The van der Waals surface area contributed by atoms with Crippen LogP contribution in [0, 0.1) is 23.2 Å². The molecular formula is C51H75N7O10P2S. The van der Waals surface area contributed by atoms with Crippen LogP contribution in [0.15, 0.2) is 55.0 Å². The summed E-state index contributed by atoms with van der Waals surface area (Å²) in [6, 6.07) is 5.07. The van der Waals surface area contributed by atoms with Crippen molar-refractivity contribution in [3.8, 4) is 22.9 Å². The minimum Gasteiger partial charge on any atom is -0.497 e. The molecule has 0 radical (unpaired) electrons. The van der Waals surface area contributed by atoms with E-state index in [0.717, 1.165) is 11.6 Å². The highest BCUT2D eigenvalue weighted by Crippen LogP contribution is 2.72. The summed E-state index contributed by atoms with van der Waals surface area (Å²) >= 11 is 1.45. The summed E-state index contributed by atoms with van der Waals surface area (Å²) in [6.07, 6.45) is 5.53. The Labute approximate surface area is 422 Å². The van der Waals surface area contributed by atoms with Crippen molar-refractivity contribution in [1.29, 1.82) is 0 Å². The molecule has 2 aromatic heterocycles. The smallest absolute Gasteiger partial charge is 0.408 e. The number of hydrogen-bond acceptors (Lipinski definition) is 13. The first-order valence-electron chi connectivity index (χ1n) is 25.0. The average Bonchev–Trinajstić information content (AvgIpc) is 3.90. The summed E-state index contributed by atoms with van der Waals surface area (Å²) in [6.45, 7) is 22.4. The number of hydrogen-bond donors (Lipinski definition) is 6. The van der Waals surface area contributed by atoms with Gasteiger partial charge in [-0.25, -0.2) is 14.8 Å². The maximum Gasteiger partial charge on any atom is 0.408 e. The van der Waals surface area contributed by atoms with Gasteiger partial charge >= 0.3 is 6.09 Å². The molecule has 0 bridgehead atoms. The number of pyridine rings is 1. The van der Waals surface area contributed by atoms with E-state index in [1.165, 1.54) is 16.2 Å². The van der Waals surface area contributed by atoms with Crippen molar-refractivity contribution in [3.05, 3.63) is 55.0 Å². The number of carbonyl (C=O) groups excluding carboxylic acids is 3. The predicted molar refractivity (Wildman–Crippen MR) is 279 cm³/mol. The largest absolute Gasteiger partial charge is 0.497 e. The zero-order valence-electron chi connectivity index (χ0n) is 42.7. The lowest BCUT2D eigenvalue weighted by Crippen LogP contribution is -2.58. The highest BCUT2D eigenvalue weighted by atomic mass is 32.1. The third-order valence-electron chi connectivity index (χ3n) is 15.3. The number of ether oxygens (including phenoxy) is 3. The van der Waals surface area contributed by atoms with Gasteiger partial charge < -0.3 is 50.6 Å². The van der Waals surface area contributed by atoms with E-state index in [0.29, 0.717) is 72.3 Å². The van der Waals surface area contributed by atoms with Crippen molar-refractivity contribution in [3.63, 3.8) is 0 Å². The molecule has 7 rings (SSSR count). The van der Waals surface area contributed by atoms with Gasteiger partial charge in [-0.2, -0.15) is 0 Å². The molecule has 3 aliphatic carbocycles. The van der Waals surface area contributed by atoms with Crippen LogP contribution in [0.1, 0.15) is 113 Å². The van der Waals surface area contributed by atoms with Crippen molar-refractivity contribution in [2.24, 2.45) is 28.9 Å². The van der Waals surface area contributed by atoms with E-state index < -0.39 is 90.1 Å². The molecule has 3 heterocycles. The molecule has 71 heavy (non-hydrogen) atoms. The maximum atomic E-state index is 15.1. The number of anilines is 1. The topological polar surface area (TPSA) is 245 Å². The number of nitrogens with two attached hydrogens (primary N) is 1. The van der Waals surface area contributed by atoms with Gasteiger partial charge in [-0.3, -0.25) is 18.7 Å². The molecule has 3 saturated carbocycles. The van der Waals surface area contributed by atoms with E-state index in [-0.39, 0.29) is 37.3 Å². The number of methoxy groups -OCH3 is 1. The lowest BCUT2D eigenvalue weighted by atomic mass is 9.85. The Balaban J connectivity index is 1.12. The molecule has 4 fully saturated rings. The van der Waals surface area contributed by atoms with Crippen LogP contribution in [0.4, 0.5) is 9.93 Å². The molecule has 1 aliphatic heterocycles. The van der Waals surface area contributed by atoms with E-state index in [4.69, 9.17) is 29.9 Å². The lowest BCUT2D eigenvalue weighted by molar-refractivity contribution is -0.142. The number of aromatic nitrogens is 2. The van der Waals surface area contributed by atoms with Gasteiger partial charge in [-0.15, -0.1) is 24.5 Å². The molecule has 20 heteroatoms. The highest BCUT2D eigenvalue weighted by molar-refractivity contribution is 7.61. The Morgan fingerprint density at radius 1 is 0.986 bits per heavy atom. The van der Waals surface area contributed by atoms with Crippen molar-refractivity contribution < 1.29 is 47.5 Å². The van der Waals surface area contributed by atoms with Crippen LogP contribution in [-0.4, -0.2) is 108 Å². The fourth-order valence-corrected chi connectivity index (χ4v) is 16.2. The Morgan fingerprint density at radius 3 is 2.32 bits per heavy atom. The van der Waals surface area contributed by atoms with Crippen molar-refractivity contribution >= 4 is 60.0 Å². The molecule has 4 aliphatic rings. The Bertz CT molecular complexity index is 2610. The normalized spacial score (nSPS) is 29.0. The van der Waals surface area contributed by atoms with Crippen molar-refractivity contribution in [2.45, 2.75) is 165 Å². The SMILES string of the molecule is C=C[C@@H]1C[C@]1(N)P(=O)(O)C(C)CCC1CCC(OC(=O)N[C@H](C(=O)N2C[C@H](Oc3cc(-c4csc(NC(C)C)n4)nc4cc(OC)ccc34)C[C@H]2C(=O)N[C@]2(P(=O)(O)C(C)CC)C[C@H]2C=C)C(C)(C)C)C1. The van der Waals surface area contributed by atoms with E-state index in [1.54, 1.807) is 51.3 Å². The van der Waals surface area contributed by atoms with Crippen LogP contribution >= 0.6 is 26.1 Å². The first-order valence-corrected chi connectivity index (χ1v) is 29.3. The molecule has 17 nitrogen and oxygen atoms in total. The molecule has 0 spiro atoms. The maximum absolute atomic E-state index is 15.1. The number of nitrogens with one attached hydrogen (secondary N) is 3. The van der Waals surface area contributed by atoms with Gasteiger partial charge in [-0.1, -0.05) is 53.7 Å². The molecule has 3 amide bonds. The molecule has 7 N–H and O–H groups in total. The molecule has 390 valence electrons. The molecule has 6 unspecified atom stereocenters. The van der Waals surface area contributed by atoms with Crippen LogP contribution in [0.3, 0.4) is 0 Å².